The Morgan fingerprint density at radius 3 is 2.46 bits per heavy atom. The number of amides is 1. The predicted molar refractivity (Wildman–Crippen MR) is 104 cm³/mol. The van der Waals surface area contributed by atoms with Crippen LogP contribution in [0, 0.1) is 5.92 Å². The van der Waals surface area contributed by atoms with E-state index in [-0.39, 0.29) is 12.5 Å². The molecule has 2 aromatic rings. The van der Waals surface area contributed by atoms with Gasteiger partial charge in [-0.05, 0) is 55.1 Å². The van der Waals surface area contributed by atoms with Crippen LogP contribution in [0.15, 0.2) is 54.6 Å². The highest BCUT2D eigenvalue weighted by Gasteiger charge is 2.22. The van der Waals surface area contributed by atoms with E-state index >= 15 is 0 Å². The Hall–Kier alpha value is -2.04. The van der Waals surface area contributed by atoms with E-state index < -0.39 is 0 Å². The molecule has 4 nitrogen and oxygen atoms in total. The van der Waals surface area contributed by atoms with Crippen LogP contribution in [0.3, 0.4) is 0 Å². The second kappa shape index (κ2) is 9.60. The van der Waals surface area contributed by atoms with Crippen molar-refractivity contribution in [3.8, 4) is 5.75 Å². The van der Waals surface area contributed by atoms with Crippen molar-refractivity contribution in [3.63, 3.8) is 0 Å². The van der Waals surface area contributed by atoms with Gasteiger partial charge in [-0.3, -0.25) is 4.79 Å². The summed E-state index contributed by atoms with van der Waals surface area (Å²) in [5.74, 6) is 1.42. The van der Waals surface area contributed by atoms with Crippen LogP contribution in [0.25, 0.3) is 0 Å². The molecule has 3 rings (SSSR count). The van der Waals surface area contributed by atoms with Crippen molar-refractivity contribution < 1.29 is 9.53 Å². The van der Waals surface area contributed by atoms with E-state index in [9.17, 15) is 4.79 Å². The fourth-order valence-electron chi connectivity index (χ4n) is 3.16. The fourth-order valence-corrected chi connectivity index (χ4v) is 3.29. The molecule has 0 atom stereocenters. The van der Waals surface area contributed by atoms with Crippen LogP contribution in [-0.2, 0) is 11.3 Å². The summed E-state index contributed by atoms with van der Waals surface area (Å²) in [7, 11) is 0. The van der Waals surface area contributed by atoms with E-state index in [0.717, 1.165) is 49.8 Å². The Kier molecular flexibility index (Phi) is 6.92. The summed E-state index contributed by atoms with van der Waals surface area (Å²) in [5.41, 5.74) is 1.24. The summed E-state index contributed by atoms with van der Waals surface area (Å²) < 4.78 is 5.56. The van der Waals surface area contributed by atoms with Crippen LogP contribution in [0.5, 0.6) is 5.75 Å². The predicted octanol–water partition coefficient (Wildman–Crippen LogP) is 3.75. The highest BCUT2D eigenvalue weighted by molar-refractivity contribution is 6.30. The minimum absolute atomic E-state index is 0.0708. The third kappa shape index (κ3) is 5.75. The van der Waals surface area contributed by atoms with Gasteiger partial charge >= 0.3 is 0 Å². The van der Waals surface area contributed by atoms with Crippen LogP contribution in [0.2, 0.25) is 5.02 Å². The summed E-state index contributed by atoms with van der Waals surface area (Å²) in [6.45, 7) is 3.56. The Morgan fingerprint density at radius 2 is 1.77 bits per heavy atom. The van der Waals surface area contributed by atoms with Crippen LogP contribution in [0.1, 0.15) is 18.4 Å². The first-order valence-electron chi connectivity index (χ1n) is 9.11. The third-order valence-electron chi connectivity index (χ3n) is 4.75. The number of benzene rings is 2. The first kappa shape index (κ1) is 18.7. The molecule has 0 saturated carbocycles. The number of ether oxygens (including phenoxy) is 1. The molecule has 1 heterocycles. The maximum atomic E-state index is 12.3. The quantitative estimate of drug-likeness (QED) is 0.804. The first-order chi connectivity index (χ1) is 12.7. The van der Waals surface area contributed by atoms with Gasteiger partial charge in [0, 0.05) is 24.7 Å². The smallest absolute Gasteiger partial charge is 0.260 e. The van der Waals surface area contributed by atoms with Gasteiger partial charge in [0.1, 0.15) is 5.75 Å². The topological polar surface area (TPSA) is 41.6 Å². The molecule has 1 amide bonds. The highest BCUT2D eigenvalue weighted by atomic mass is 35.5. The molecule has 1 aliphatic heterocycles. The zero-order valence-electron chi connectivity index (χ0n) is 14.9. The van der Waals surface area contributed by atoms with Gasteiger partial charge in [0.2, 0.25) is 0 Å². The number of likely N-dealkylation sites (tertiary alicyclic amines) is 1. The molecule has 0 aliphatic carbocycles. The van der Waals surface area contributed by atoms with E-state index in [1.807, 2.05) is 59.5 Å². The van der Waals surface area contributed by atoms with Crippen molar-refractivity contribution in [1.82, 2.24) is 10.2 Å². The number of nitrogens with zero attached hydrogens (tertiary/aromatic N) is 1. The lowest BCUT2D eigenvalue weighted by atomic mass is 9.96. The maximum absolute atomic E-state index is 12.3. The Bertz CT molecular complexity index is 683. The third-order valence-corrected chi connectivity index (χ3v) is 5.00. The number of hydrogen-bond acceptors (Lipinski definition) is 3. The van der Waals surface area contributed by atoms with Gasteiger partial charge in [0.25, 0.3) is 5.91 Å². The maximum Gasteiger partial charge on any atom is 0.260 e. The number of halogens is 1. The molecule has 1 fully saturated rings. The molecule has 26 heavy (non-hydrogen) atoms. The number of piperidine rings is 1. The van der Waals surface area contributed by atoms with Gasteiger partial charge in [-0.1, -0.05) is 41.9 Å². The molecule has 1 saturated heterocycles. The molecule has 0 aromatic heterocycles. The van der Waals surface area contributed by atoms with Crippen molar-refractivity contribution in [1.29, 1.82) is 0 Å². The van der Waals surface area contributed by atoms with E-state index in [1.165, 1.54) is 5.56 Å². The summed E-state index contributed by atoms with van der Waals surface area (Å²) in [5, 5.41) is 4.28. The van der Waals surface area contributed by atoms with E-state index in [1.54, 1.807) is 0 Å². The van der Waals surface area contributed by atoms with Crippen LogP contribution < -0.4 is 10.1 Å². The average Bonchev–Trinajstić information content (AvgIpc) is 2.69. The summed E-state index contributed by atoms with van der Waals surface area (Å²) in [6.07, 6.45) is 2.06. The number of para-hydroxylation sites is 1. The minimum Gasteiger partial charge on any atom is -0.484 e. The summed E-state index contributed by atoms with van der Waals surface area (Å²) in [4.78, 5) is 14.2. The van der Waals surface area contributed by atoms with Crippen molar-refractivity contribution in [2.24, 2.45) is 5.92 Å². The lowest BCUT2D eigenvalue weighted by Gasteiger charge is -2.32. The average molecular weight is 373 g/mol. The molecule has 138 valence electrons. The minimum atomic E-state index is 0.0708. The number of nitrogens with one attached hydrogen (secondary N) is 1. The molecule has 0 radical (unpaired) electrons. The standard InChI is InChI=1S/C21H25ClN2O2/c22-19-8-6-17(7-9-19)14-23-15-18-10-12-24(13-11-18)21(25)16-26-20-4-2-1-3-5-20/h1-9,18,23H,10-16H2. The lowest BCUT2D eigenvalue weighted by Crippen LogP contribution is -2.42. The zero-order valence-corrected chi connectivity index (χ0v) is 15.6. The van der Waals surface area contributed by atoms with Gasteiger partial charge in [0.05, 0.1) is 0 Å². The van der Waals surface area contributed by atoms with Gasteiger partial charge in [-0.25, -0.2) is 0 Å². The molecular formula is C21H25ClN2O2. The fraction of sp³-hybridized carbons (Fsp3) is 0.381. The molecule has 0 spiro atoms. The molecule has 0 unspecified atom stereocenters. The van der Waals surface area contributed by atoms with Gasteiger partial charge in [0.15, 0.2) is 6.61 Å². The summed E-state index contributed by atoms with van der Waals surface area (Å²) >= 11 is 5.90. The van der Waals surface area contributed by atoms with E-state index in [4.69, 9.17) is 16.3 Å². The van der Waals surface area contributed by atoms with Crippen molar-refractivity contribution >= 4 is 17.5 Å². The SMILES string of the molecule is O=C(COc1ccccc1)N1CCC(CNCc2ccc(Cl)cc2)CC1. The number of carbonyl (C=O) groups is 1. The van der Waals surface area contributed by atoms with Crippen LogP contribution in [-0.4, -0.2) is 37.0 Å². The molecule has 1 aliphatic rings. The van der Waals surface area contributed by atoms with E-state index in [0.29, 0.717) is 5.92 Å². The van der Waals surface area contributed by atoms with Gasteiger partial charge in [-0.2, -0.15) is 0 Å². The number of hydrogen-bond donors (Lipinski definition) is 1. The first-order valence-corrected chi connectivity index (χ1v) is 9.49. The van der Waals surface area contributed by atoms with Crippen molar-refractivity contribution in [2.45, 2.75) is 19.4 Å². The normalized spacial score (nSPS) is 15.0. The highest BCUT2D eigenvalue weighted by Crippen LogP contribution is 2.17. The Morgan fingerprint density at radius 1 is 1.08 bits per heavy atom. The molecule has 0 bridgehead atoms. The molecule has 5 heteroatoms. The Labute approximate surface area is 160 Å². The van der Waals surface area contributed by atoms with Crippen molar-refractivity contribution in [2.75, 3.05) is 26.2 Å². The number of rotatable bonds is 7. The second-order valence-corrected chi connectivity index (χ2v) is 7.12. The van der Waals surface area contributed by atoms with E-state index in [2.05, 4.69) is 5.32 Å². The van der Waals surface area contributed by atoms with Crippen LogP contribution >= 0.6 is 11.6 Å². The lowest BCUT2D eigenvalue weighted by molar-refractivity contribution is -0.134. The van der Waals surface area contributed by atoms with Gasteiger partial charge < -0.3 is 15.0 Å². The molecule has 1 N–H and O–H groups in total. The summed E-state index contributed by atoms with van der Waals surface area (Å²) in [6, 6.07) is 17.4. The monoisotopic (exact) mass is 372 g/mol. The molecule has 2 aromatic carbocycles. The van der Waals surface area contributed by atoms with Crippen LogP contribution in [0.4, 0.5) is 0 Å². The number of carbonyl (C=O) groups excluding carboxylic acids is 1. The van der Waals surface area contributed by atoms with Crippen molar-refractivity contribution in [3.05, 3.63) is 65.2 Å². The Balaban J connectivity index is 1.33. The van der Waals surface area contributed by atoms with Gasteiger partial charge in [-0.15, -0.1) is 0 Å². The zero-order chi connectivity index (χ0) is 18.2. The largest absolute Gasteiger partial charge is 0.484 e. The second-order valence-electron chi connectivity index (χ2n) is 6.68. The molecular weight excluding hydrogens is 348 g/mol.